The first-order valence-electron chi connectivity index (χ1n) is 7.85. The fraction of sp³-hybridized carbons (Fsp3) is 0.222. The third-order valence-corrected chi connectivity index (χ3v) is 3.72. The van der Waals surface area contributed by atoms with Crippen molar-refractivity contribution >= 4 is 17.5 Å². The van der Waals surface area contributed by atoms with Crippen LogP contribution in [0.5, 0.6) is 11.5 Å². The molecule has 0 bridgehead atoms. The minimum atomic E-state index is -0.785. The second-order valence-electron chi connectivity index (χ2n) is 5.49. The van der Waals surface area contributed by atoms with Gasteiger partial charge in [0, 0.05) is 12.2 Å². The lowest BCUT2D eigenvalue weighted by Gasteiger charge is -2.12. The van der Waals surface area contributed by atoms with Crippen LogP contribution in [0.3, 0.4) is 0 Å². The predicted octanol–water partition coefficient (Wildman–Crippen LogP) is 1.59. The van der Waals surface area contributed by atoms with Crippen molar-refractivity contribution in [2.24, 2.45) is 0 Å². The topological polar surface area (TPSA) is 96.9 Å². The average molecular weight is 342 g/mol. The van der Waals surface area contributed by atoms with E-state index >= 15 is 0 Å². The number of hydrogen-bond donors (Lipinski definition) is 3. The summed E-state index contributed by atoms with van der Waals surface area (Å²) in [4.78, 5) is 23.5. The molecule has 1 aliphatic rings. The smallest absolute Gasteiger partial charge is 0.313 e. The summed E-state index contributed by atoms with van der Waals surface area (Å²) in [5.74, 6) is -0.268. The van der Waals surface area contributed by atoms with E-state index in [2.05, 4.69) is 10.6 Å². The fourth-order valence-electron chi connectivity index (χ4n) is 2.40. The molecule has 130 valence electrons. The molecule has 7 nitrogen and oxygen atoms in total. The third kappa shape index (κ3) is 4.27. The Balaban J connectivity index is 1.45. The summed E-state index contributed by atoms with van der Waals surface area (Å²) in [5, 5.41) is 15.2. The highest BCUT2D eigenvalue weighted by molar-refractivity contribution is 6.39. The van der Waals surface area contributed by atoms with Crippen molar-refractivity contribution in [1.82, 2.24) is 5.32 Å². The summed E-state index contributed by atoms with van der Waals surface area (Å²) in [6.07, 6.45) is -0.517. The van der Waals surface area contributed by atoms with E-state index in [1.165, 1.54) is 0 Å². The van der Waals surface area contributed by atoms with Crippen molar-refractivity contribution in [2.45, 2.75) is 12.5 Å². The summed E-state index contributed by atoms with van der Waals surface area (Å²) in [5.41, 5.74) is 1.20. The predicted molar refractivity (Wildman–Crippen MR) is 90.2 cm³/mol. The Morgan fingerprint density at radius 3 is 2.60 bits per heavy atom. The lowest BCUT2D eigenvalue weighted by Crippen LogP contribution is -2.36. The molecule has 0 aromatic heterocycles. The molecule has 7 heteroatoms. The number of carbonyl (C=O) groups is 2. The van der Waals surface area contributed by atoms with Crippen LogP contribution in [0, 0.1) is 0 Å². The van der Waals surface area contributed by atoms with Crippen LogP contribution in [-0.2, 0) is 9.59 Å². The number of fused-ring (bicyclic) bond motifs is 1. The van der Waals surface area contributed by atoms with Gasteiger partial charge in [0.2, 0.25) is 6.79 Å². The highest BCUT2D eigenvalue weighted by Crippen LogP contribution is 2.34. The van der Waals surface area contributed by atoms with Crippen LogP contribution in [0.1, 0.15) is 18.1 Å². The number of hydrogen-bond acceptors (Lipinski definition) is 5. The normalized spacial score (nSPS) is 13.2. The van der Waals surface area contributed by atoms with Gasteiger partial charge in [0.15, 0.2) is 11.5 Å². The first kappa shape index (κ1) is 16.8. The minimum absolute atomic E-state index is 0.163. The molecule has 2 aromatic rings. The van der Waals surface area contributed by atoms with Gasteiger partial charge in [-0.1, -0.05) is 24.3 Å². The molecular weight excluding hydrogens is 324 g/mol. The van der Waals surface area contributed by atoms with Crippen molar-refractivity contribution in [3.05, 3.63) is 54.1 Å². The molecule has 0 aliphatic carbocycles. The summed E-state index contributed by atoms with van der Waals surface area (Å²) >= 11 is 0. The molecule has 3 rings (SSSR count). The summed E-state index contributed by atoms with van der Waals surface area (Å²) < 4.78 is 10.5. The Morgan fingerprint density at radius 2 is 1.80 bits per heavy atom. The van der Waals surface area contributed by atoms with Crippen LogP contribution >= 0.6 is 0 Å². The van der Waals surface area contributed by atoms with Crippen molar-refractivity contribution in [2.75, 3.05) is 18.7 Å². The van der Waals surface area contributed by atoms with Gasteiger partial charge in [0.1, 0.15) is 0 Å². The van der Waals surface area contributed by atoms with Gasteiger partial charge in [0.25, 0.3) is 0 Å². The first-order chi connectivity index (χ1) is 12.1. The van der Waals surface area contributed by atoms with Crippen molar-refractivity contribution < 1.29 is 24.2 Å². The van der Waals surface area contributed by atoms with Crippen LogP contribution in [-0.4, -0.2) is 30.3 Å². The van der Waals surface area contributed by atoms with Crippen LogP contribution in [0.4, 0.5) is 5.69 Å². The number of benzene rings is 2. The van der Waals surface area contributed by atoms with E-state index in [0.717, 1.165) is 0 Å². The standard InChI is InChI=1S/C18H18N2O5/c21-14(12-6-7-15-16(10-12)25-11-24-15)8-9-19-17(22)18(23)20-13-4-2-1-3-5-13/h1-7,10,14,21H,8-9,11H2,(H,19,22)(H,20,23). The second-order valence-corrected chi connectivity index (χ2v) is 5.49. The van der Waals surface area contributed by atoms with Crippen molar-refractivity contribution in [1.29, 1.82) is 0 Å². The SMILES string of the molecule is O=C(NCCC(O)c1ccc2c(c1)OCO2)C(=O)Nc1ccccc1. The largest absolute Gasteiger partial charge is 0.454 e. The Hall–Kier alpha value is -3.06. The third-order valence-electron chi connectivity index (χ3n) is 3.72. The molecule has 3 N–H and O–H groups in total. The fourth-order valence-corrected chi connectivity index (χ4v) is 2.40. The zero-order valence-electron chi connectivity index (χ0n) is 13.4. The molecule has 1 unspecified atom stereocenters. The van der Waals surface area contributed by atoms with E-state index < -0.39 is 17.9 Å². The molecule has 2 amide bonds. The maximum Gasteiger partial charge on any atom is 0.313 e. The van der Waals surface area contributed by atoms with E-state index in [1.54, 1.807) is 42.5 Å². The van der Waals surface area contributed by atoms with Crippen LogP contribution in [0.25, 0.3) is 0 Å². The van der Waals surface area contributed by atoms with E-state index in [9.17, 15) is 14.7 Å². The van der Waals surface area contributed by atoms with Crippen molar-refractivity contribution in [3.63, 3.8) is 0 Å². The van der Waals surface area contributed by atoms with E-state index in [-0.39, 0.29) is 19.8 Å². The number of aliphatic hydroxyl groups is 1. The molecule has 1 heterocycles. The lowest BCUT2D eigenvalue weighted by molar-refractivity contribution is -0.136. The maximum atomic E-state index is 11.8. The molecule has 0 radical (unpaired) electrons. The molecule has 1 atom stereocenters. The second kappa shape index (κ2) is 7.67. The van der Waals surface area contributed by atoms with Gasteiger partial charge < -0.3 is 25.2 Å². The van der Waals surface area contributed by atoms with Gasteiger partial charge in [-0.2, -0.15) is 0 Å². The Kier molecular flexibility index (Phi) is 5.15. The number of para-hydroxylation sites is 1. The lowest BCUT2D eigenvalue weighted by atomic mass is 10.1. The number of ether oxygens (including phenoxy) is 2. The number of anilines is 1. The van der Waals surface area contributed by atoms with Gasteiger partial charge in [-0.05, 0) is 36.2 Å². The van der Waals surface area contributed by atoms with Gasteiger partial charge in [0.05, 0.1) is 6.10 Å². The van der Waals surface area contributed by atoms with Crippen LogP contribution in [0.2, 0.25) is 0 Å². The van der Waals surface area contributed by atoms with Crippen LogP contribution < -0.4 is 20.1 Å². The van der Waals surface area contributed by atoms with Gasteiger partial charge in [-0.3, -0.25) is 9.59 Å². The number of aliphatic hydroxyl groups excluding tert-OH is 1. The van der Waals surface area contributed by atoms with Gasteiger partial charge in [-0.25, -0.2) is 0 Å². The molecule has 1 aliphatic heterocycles. The van der Waals surface area contributed by atoms with Crippen molar-refractivity contribution in [3.8, 4) is 11.5 Å². The maximum absolute atomic E-state index is 11.8. The number of amides is 2. The number of nitrogens with one attached hydrogen (secondary N) is 2. The molecule has 0 saturated carbocycles. The van der Waals surface area contributed by atoms with E-state index in [4.69, 9.17) is 9.47 Å². The molecule has 25 heavy (non-hydrogen) atoms. The summed E-state index contributed by atoms with van der Waals surface area (Å²) in [6.45, 7) is 0.331. The Labute approximate surface area is 144 Å². The van der Waals surface area contributed by atoms with Crippen LogP contribution in [0.15, 0.2) is 48.5 Å². The highest BCUT2D eigenvalue weighted by Gasteiger charge is 2.18. The zero-order chi connectivity index (χ0) is 17.6. The zero-order valence-corrected chi connectivity index (χ0v) is 13.4. The number of carbonyl (C=O) groups excluding carboxylic acids is 2. The first-order valence-corrected chi connectivity index (χ1v) is 7.85. The Bertz CT molecular complexity index is 763. The Morgan fingerprint density at radius 1 is 1.04 bits per heavy atom. The summed E-state index contributed by atoms with van der Waals surface area (Å²) in [7, 11) is 0. The molecule has 0 fully saturated rings. The monoisotopic (exact) mass is 342 g/mol. The molecule has 0 saturated heterocycles. The van der Waals surface area contributed by atoms with E-state index in [0.29, 0.717) is 22.7 Å². The molecule has 0 spiro atoms. The highest BCUT2D eigenvalue weighted by atomic mass is 16.7. The number of rotatable bonds is 5. The van der Waals surface area contributed by atoms with E-state index in [1.807, 2.05) is 6.07 Å². The quantitative estimate of drug-likeness (QED) is 0.717. The average Bonchev–Trinajstić information content (AvgIpc) is 3.10. The summed E-state index contributed by atoms with van der Waals surface area (Å²) in [6, 6.07) is 13.9. The molecular formula is C18H18N2O5. The molecule has 2 aromatic carbocycles. The minimum Gasteiger partial charge on any atom is -0.454 e. The van der Waals surface area contributed by atoms with Gasteiger partial charge >= 0.3 is 11.8 Å². The van der Waals surface area contributed by atoms with Gasteiger partial charge in [-0.15, -0.1) is 0 Å².